The van der Waals surface area contributed by atoms with E-state index in [1.807, 2.05) is 0 Å². The molecule has 2 aliphatic carbocycles. The van der Waals surface area contributed by atoms with Crippen molar-refractivity contribution < 1.29 is 14.7 Å². The number of carbonyl (C=O) groups is 2. The topological polar surface area (TPSA) is 66.4 Å². The first-order valence-electron chi connectivity index (χ1n) is 8.28. The molecular formula is C17H27NO3. The molecule has 1 saturated carbocycles. The highest BCUT2D eigenvalue weighted by Gasteiger charge is 2.42. The fourth-order valence-corrected chi connectivity index (χ4v) is 3.55. The lowest BCUT2D eigenvalue weighted by Crippen LogP contribution is -2.56. The van der Waals surface area contributed by atoms with Crippen molar-refractivity contribution in [2.45, 2.75) is 76.7 Å². The molecule has 4 nitrogen and oxygen atoms in total. The van der Waals surface area contributed by atoms with Gasteiger partial charge in [0, 0.05) is 6.42 Å². The van der Waals surface area contributed by atoms with E-state index >= 15 is 0 Å². The summed E-state index contributed by atoms with van der Waals surface area (Å²) in [4.78, 5) is 23.9. The van der Waals surface area contributed by atoms with Crippen LogP contribution in [0.3, 0.4) is 0 Å². The van der Waals surface area contributed by atoms with Crippen molar-refractivity contribution in [1.29, 1.82) is 0 Å². The van der Waals surface area contributed by atoms with E-state index in [1.165, 1.54) is 12.0 Å². The van der Waals surface area contributed by atoms with E-state index in [0.29, 0.717) is 25.2 Å². The number of rotatable bonds is 5. The molecular weight excluding hydrogens is 266 g/mol. The molecule has 2 N–H and O–H groups in total. The molecule has 0 aromatic carbocycles. The van der Waals surface area contributed by atoms with Crippen molar-refractivity contribution in [3.63, 3.8) is 0 Å². The van der Waals surface area contributed by atoms with Gasteiger partial charge in [0.25, 0.3) is 0 Å². The number of carboxylic acids is 1. The Bertz CT molecular complexity index is 420. The second-order valence-electron chi connectivity index (χ2n) is 6.57. The molecule has 0 heterocycles. The summed E-state index contributed by atoms with van der Waals surface area (Å²) in [6.07, 6.45) is 10.9. The first-order chi connectivity index (χ1) is 10.1. The highest BCUT2D eigenvalue weighted by Crippen LogP contribution is 2.34. The number of aliphatic carboxylic acids is 1. The molecule has 1 fully saturated rings. The highest BCUT2D eigenvalue weighted by molar-refractivity contribution is 5.88. The molecule has 0 unspecified atom stereocenters. The van der Waals surface area contributed by atoms with E-state index in [1.54, 1.807) is 0 Å². The van der Waals surface area contributed by atoms with Crippen LogP contribution in [-0.4, -0.2) is 22.5 Å². The van der Waals surface area contributed by atoms with Crippen LogP contribution in [0.2, 0.25) is 0 Å². The zero-order valence-corrected chi connectivity index (χ0v) is 13.0. The predicted octanol–water partition coefficient (Wildman–Crippen LogP) is 3.42. The summed E-state index contributed by atoms with van der Waals surface area (Å²) in [6.45, 7) is 2.15. The lowest BCUT2D eigenvalue weighted by atomic mass is 9.75. The van der Waals surface area contributed by atoms with Crippen LogP contribution in [-0.2, 0) is 9.59 Å². The Hall–Kier alpha value is -1.32. The number of carboxylic acid groups (broad SMARTS) is 1. The molecule has 0 atom stereocenters. The van der Waals surface area contributed by atoms with Gasteiger partial charge in [0.05, 0.1) is 0 Å². The molecule has 4 heteroatoms. The summed E-state index contributed by atoms with van der Waals surface area (Å²) in [6, 6.07) is 0. The minimum atomic E-state index is -1.03. The van der Waals surface area contributed by atoms with Gasteiger partial charge in [-0.15, -0.1) is 0 Å². The standard InChI is InChI=1S/C17H27NO3/c1-2-13-8-10-17(11-9-13,16(20)21)18-15(19)12-14-6-4-3-5-7-14/h6,13H,2-5,7-12H2,1H3,(H,18,19)(H,20,21). The molecule has 1 amide bonds. The SMILES string of the molecule is CCC1CCC(NC(=O)CC2=CCCCC2)(C(=O)O)CC1. The number of carbonyl (C=O) groups excluding carboxylic acids is 1. The molecule has 0 bridgehead atoms. The summed E-state index contributed by atoms with van der Waals surface area (Å²) in [7, 11) is 0. The van der Waals surface area contributed by atoms with Crippen LogP contribution < -0.4 is 5.32 Å². The molecule has 0 aliphatic heterocycles. The zero-order valence-electron chi connectivity index (χ0n) is 13.0. The normalized spacial score (nSPS) is 29.6. The van der Waals surface area contributed by atoms with Gasteiger partial charge >= 0.3 is 5.97 Å². The van der Waals surface area contributed by atoms with Gasteiger partial charge in [0.2, 0.25) is 5.91 Å². The molecule has 0 radical (unpaired) electrons. The molecule has 0 spiro atoms. The molecule has 21 heavy (non-hydrogen) atoms. The lowest BCUT2D eigenvalue weighted by molar-refractivity contribution is -0.149. The van der Waals surface area contributed by atoms with Gasteiger partial charge in [-0.25, -0.2) is 4.79 Å². The van der Waals surface area contributed by atoms with Gasteiger partial charge in [0.15, 0.2) is 0 Å². The minimum Gasteiger partial charge on any atom is -0.480 e. The molecule has 2 rings (SSSR count). The highest BCUT2D eigenvalue weighted by atomic mass is 16.4. The van der Waals surface area contributed by atoms with Crippen molar-refractivity contribution in [2.24, 2.45) is 5.92 Å². The predicted molar refractivity (Wildman–Crippen MR) is 81.9 cm³/mol. The third-order valence-electron chi connectivity index (χ3n) is 5.10. The molecule has 0 aromatic rings. The third kappa shape index (κ3) is 4.08. The Morgan fingerprint density at radius 1 is 1.33 bits per heavy atom. The van der Waals surface area contributed by atoms with E-state index in [0.717, 1.165) is 38.5 Å². The summed E-state index contributed by atoms with van der Waals surface area (Å²) < 4.78 is 0. The lowest BCUT2D eigenvalue weighted by Gasteiger charge is -2.37. The zero-order chi connectivity index (χ0) is 15.3. The van der Waals surface area contributed by atoms with E-state index in [4.69, 9.17) is 0 Å². The van der Waals surface area contributed by atoms with Gasteiger partial charge in [-0.05, 0) is 57.3 Å². The summed E-state index contributed by atoms with van der Waals surface area (Å²) in [5.74, 6) is -0.390. The molecule has 0 aromatic heterocycles. The van der Waals surface area contributed by atoms with Crippen LogP contribution in [0.4, 0.5) is 0 Å². The largest absolute Gasteiger partial charge is 0.480 e. The van der Waals surface area contributed by atoms with Crippen LogP contribution in [0.15, 0.2) is 11.6 Å². The van der Waals surface area contributed by atoms with Crippen LogP contribution in [0.25, 0.3) is 0 Å². The summed E-state index contributed by atoms with van der Waals surface area (Å²) in [5.41, 5.74) is 0.138. The van der Waals surface area contributed by atoms with Gasteiger partial charge in [-0.1, -0.05) is 25.0 Å². The number of allylic oxidation sites excluding steroid dienone is 1. The van der Waals surface area contributed by atoms with Gasteiger partial charge in [0.1, 0.15) is 5.54 Å². The van der Waals surface area contributed by atoms with E-state index in [-0.39, 0.29) is 5.91 Å². The average molecular weight is 293 g/mol. The molecule has 118 valence electrons. The maximum atomic E-state index is 12.2. The van der Waals surface area contributed by atoms with Gasteiger partial charge in [-0.2, -0.15) is 0 Å². The van der Waals surface area contributed by atoms with Crippen molar-refractivity contribution in [2.75, 3.05) is 0 Å². The molecule has 2 aliphatic rings. The average Bonchev–Trinajstić information content (AvgIpc) is 2.48. The van der Waals surface area contributed by atoms with E-state index in [2.05, 4.69) is 18.3 Å². The second-order valence-corrected chi connectivity index (χ2v) is 6.57. The van der Waals surface area contributed by atoms with Gasteiger partial charge < -0.3 is 10.4 Å². The van der Waals surface area contributed by atoms with Crippen molar-refractivity contribution in [3.05, 3.63) is 11.6 Å². The van der Waals surface area contributed by atoms with E-state index < -0.39 is 11.5 Å². The number of hydrogen-bond donors (Lipinski definition) is 2. The Balaban J connectivity index is 1.95. The Morgan fingerprint density at radius 3 is 2.57 bits per heavy atom. The van der Waals surface area contributed by atoms with Crippen LogP contribution in [0, 0.1) is 5.92 Å². The van der Waals surface area contributed by atoms with Crippen molar-refractivity contribution >= 4 is 11.9 Å². The first-order valence-corrected chi connectivity index (χ1v) is 8.28. The maximum Gasteiger partial charge on any atom is 0.329 e. The Morgan fingerprint density at radius 2 is 2.05 bits per heavy atom. The summed E-state index contributed by atoms with van der Waals surface area (Å²) >= 11 is 0. The number of nitrogens with one attached hydrogen (secondary N) is 1. The third-order valence-corrected chi connectivity index (χ3v) is 5.10. The Labute approximate surface area is 127 Å². The second kappa shape index (κ2) is 7.10. The quantitative estimate of drug-likeness (QED) is 0.763. The van der Waals surface area contributed by atoms with E-state index in [9.17, 15) is 14.7 Å². The maximum absolute atomic E-state index is 12.2. The van der Waals surface area contributed by atoms with Gasteiger partial charge in [-0.3, -0.25) is 4.79 Å². The van der Waals surface area contributed by atoms with Crippen molar-refractivity contribution in [3.8, 4) is 0 Å². The monoisotopic (exact) mass is 293 g/mol. The number of hydrogen-bond acceptors (Lipinski definition) is 2. The minimum absolute atomic E-state index is 0.125. The number of amides is 1. The van der Waals surface area contributed by atoms with Crippen LogP contribution in [0.5, 0.6) is 0 Å². The Kier molecular flexibility index (Phi) is 5.43. The van der Waals surface area contributed by atoms with Crippen LogP contribution in [0.1, 0.15) is 71.1 Å². The van der Waals surface area contributed by atoms with Crippen molar-refractivity contribution in [1.82, 2.24) is 5.32 Å². The fourth-order valence-electron chi connectivity index (χ4n) is 3.55. The fraction of sp³-hybridized carbons (Fsp3) is 0.765. The first kappa shape index (κ1) is 16.1. The van der Waals surface area contributed by atoms with Crippen LogP contribution >= 0.6 is 0 Å². The smallest absolute Gasteiger partial charge is 0.329 e. The molecule has 0 saturated heterocycles. The summed E-state index contributed by atoms with van der Waals surface area (Å²) in [5, 5.41) is 12.4.